The third-order valence-corrected chi connectivity index (χ3v) is 2.78. The second-order valence-corrected chi connectivity index (χ2v) is 5.47. The smallest absolute Gasteiger partial charge is 0.226 e. The average Bonchev–Trinajstić information content (AvgIpc) is 2.23. The van der Waals surface area contributed by atoms with Crippen LogP contribution in [0.5, 0.6) is 0 Å². The molecule has 0 aliphatic carbocycles. The van der Waals surface area contributed by atoms with E-state index >= 15 is 0 Å². The van der Waals surface area contributed by atoms with E-state index in [2.05, 4.69) is 5.32 Å². The number of carbonyl (C=O) groups is 1. The van der Waals surface area contributed by atoms with E-state index in [1.807, 2.05) is 20.8 Å². The van der Waals surface area contributed by atoms with E-state index in [4.69, 9.17) is 5.73 Å². The largest absolute Gasteiger partial charge is 0.327 e. The molecule has 1 amide bonds. The van der Waals surface area contributed by atoms with Crippen molar-refractivity contribution in [1.82, 2.24) is 0 Å². The minimum absolute atomic E-state index is 0.0684. The zero-order valence-corrected chi connectivity index (χ0v) is 11.1. The van der Waals surface area contributed by atoms with Gasteiger partial charge in [0, 0.05) is 24.6 Å². The van der Waals surface area contributed by atoms with Crippen LogP contribution in [-0.2, 0) is 4.79 Å². The number of hydrogen-bond donors (Lipinski definition) is 2. The van der Waals surface area contributed by atoms with Crippen molar-refractivity contribution in [2.75, 3.05) is 5.32 Å². The van der Waals surface area contributed by atoms with Gasteiger partial charge in [-0.05, 0) is 5.41 Å². The first-order valence-corrected chi connectivity index (χ1v) is 5.81. The first kappa shape index (κ1) is 15.5. The highest BCUT2D eigenvalue weighted by molar-refractivity contribution is 5.91. The highest BCUT2D eigenvalue weighted by Gasteiger charge is 2.24. The lowest BCUT2D eigenvalue weighted by atomic mass is 9.85. The fraction of sp³-hybridized carbons (Fsp3) is 0.462. The summed E-state index contributed by atoms with van der Waals surface area (Å²) in [5.74, 6) is -4.20. The number of benzene rings is 1. The van der Waals surface area contributed by atoms with Crippen molar-refractivity contribution in [3.63, 3.8) is 0 Å². The van der Waals surface area contributed by atoms with Gasteiger partial charge in [-0.3, -0.25) is 4.79 Å². The molecule has 0 fully saturated rings. The number of nitrogens with two attached hydrogens (primary N) is 1. The van der Waals surface area contributed by atoms with E-state index in [1.165, 1.54) is 0 Å². The Morgan fingerprint density at radius 3 is 2.42 bits per heavy atom. The Bertz CT molecular complexity index is 484. The van der Waals surface area contributed by atoms with Crippen LogP contribution < -0.4 is 11.1 Å². The van der Waals surface area contributed by atoms with Crippen molar-refractivity contribution in [1.29, 1.82) is 0 Å². The molecule has 1 rings (SSSR count). The summed E-state index contributed by atoms with van der Waals surface area (Å²) in [5.41, 5.74) is 4.97. The van der Waals surface area contributed by atoms with E-state index in [1.54, 1.807) is 0 Å². The van der Waals surface area contributed by atoms with Gasteiger partial charge in [-0.1, -0.05) is 20.8 Å². The normalized spacial score (nSPS) is 13.2. The van der Waals surface area contributed by atoms with E-state index in [0.29, 0.717) is 6.07 Å². The summed E-state index contributed by atoms with van der Waals surface area (Å²) in [4.78, 5) is 11.6. The molecule has 0 radical (unpaired) electrons. The van der Waals surface area contributed by atoms with Gasteiger partial charge in [0.15, 0.2) is 11.6 Å². The van der Waals surface area contributed by atoms with Crippen LogP contribution in [-0.4, -0.2) is 11.9 Å². The third kappa shape index (κ3) is 4.24. The standard InChI is InChI=1S/C13H17F3N2O/c1-13(2,3)10(17)6-11(19)18-9-5-7(14)4-8(15)12(9)16/h4-5,10H,6,17H2,1-3H3,(H,18,19). The van der Waals surface area contributed by atoms with Crippen LogP contribution >= 0.6 is 0 Å². The van der Waals surface area contributed by atoms with Crippen molar-refractivity contribution in [3.8, 4) is 0 Å². The molecule has 0 saturated heterocycles. The molecular weight excluding hydrogens is 257 g/mol. The van der Waals surface area contributed by atoms with Gasteiger partial charge in [0.1, 0.15) is 5.82 Å². The highest BCUT2D eigenvalue weighted by Crippen LogP contribution is 2.22. The third-order valence-electron chi connectivity index (χ3n) is 2.78. The lowest BCUT2D eigenvalue weighted by Gasteiger charge is -2.26. The molecule has 0 spiro atoms. The minimum atomic E-state index is -1.35. The Morgan fingerprint density at radius 1 is 1.32 bits per heavy atom. The van der Waals surface area contributed by atoms with Crippen LogP contribution in [0.15, 0.2) is 12.1 Å². The maximum atomic E-state index is 13.3. The van der Waals surface area contributed by atoms with Gasteiger partial charge in [0.05, 0.1) is 5.69 Å². The first-order chi connectivity index (χ1) is 8.61. The van der Waals surface area contributed by atoms with Crippen molar-refractivity contribution in [2.45, 2.75) is 33.2 Å². The Balaban J connectivity index is 2.78. The van der Waals surface area contributed by atoms with E-state index in [9.17, 15) is 18.0 Å². The Labute approximate surface area is 110 Å². The first-order valence-electron chi connectivity index (χ1n) is 5.81. The topological polar surface area (TPSA) is 55.1 Å². The van der Waals surface area contributed by atoms with Crippen LogP contribution in [0.25, 0.3) is 0 Å². The molecule has 0 bridgehead atoms. The fourth-order valence-corrected chi connectivity index (χ4v) is 1.35. The van der Waals surface area contributed by atoms with Crippen LogP contribution in [0, 0.1) is 22.9 Å². The van der Waals surface area contributed by atoms with Gasteiger partial charge >= 0.3 is 0 Å². The van der Waals surface area contributed by atoms with Crippen LogP contribution in [0.2, 0.25) is 0 Å². The quantitative estimate of drug-likeness (QED) is 0.833. The molecule has 0 aromatic heterocycles. The average molecular weight is 274 g/mol. The summed E-state index contributed by atoms with van der Waals surface area (Å²) in [6, 6.07) is 0.680. The van der Waals surface area contributed by atoms with Gasteiger partial charge < -0.3 is 11.1 Å². The van der Waals surface area contributed by atoms with Crippen molar-refractivity contribution >= 4 is 11.6 Å². The predicted molar refractivity (Wildman–Crippen MR) is 67.0 cm³/mol. The molecule has 0 saturated carbocycles. The van der Waals surface area contributed by atoms with Crippen molar-refractivity contribution in [2.24, 2.45) is 11.1 Å². The lowest BCUT2D eigenvalue weighted by Crippen LogP contribution is -2.38. The monoisotopic (exact) mass is 274 g/mol. The Kier molecular flexibility index (Phi) is 4.57. The van der Waals surface area contributed by atoms with Crippen LogP contribution in [0.4, 0.5) is 18.9 Å². The van der Waals surface area contributed by atoms with Crippen LogP contribution in [0.3, 0.4) is 0 Å². The Morgan fingerprint density at radius 2 is 1.89 bits per heavy atom. The van der Waals surface area contributed by atoms with Crippen molar-refractivity contribution < 1.29 is 18.0 Å². The van der Waals surface area contributed by atoms with E-state index in [-0.39, 0.29) is 11.8 Å². The molecular formula is C13H17F3N2O. The molecule has 0 aliphatic heterocycles. The second kappa shape index (κ2) is 5.61. The summed E-state index contributed by atoms with van der Waals surface area (Å²) < 4.78 is 39.2. The maximum absolute atomic E-state index is 13.3. The van der Waals surface area contributed by atoms with Crippen LogP contribution in [0.1, 0.15) is 27.2 Å². The molecule has 3 nitrogen and oxygen atoms in total. The number of amides is 1. The van der Waals surface area contributed by atoms with E-state index < -0.39 is 35.1 Å². The SMILES string of the molecule is CC(C)(C)C(N)CC(=O)Nc1cc(F)cc(F)c1F. The number of hydrogen-bond acceptors (Lipinski definition) is 2. The molecule has 1 aromatic rings. The number of anilines is 1. The summed E-state index contributed by atoms with van der Waals surface area (Å²) in [6.45, 7) is 5.56. The van der Waals surface area contributed by atoms with Gasteiger partial charge in [-0.2, -0.15) is 0 Å². The summed E-state index contributed by atoms with van der Waals surface area (Å²) >= 11 is 0. The molecule has 19 heavy (non-hydrogen) atoms. The second-order valence-electron chi connectivity index (χ2n) is 5.47. The predicted octanol–water partition coefficient (Wildman–Crippen LogP) is 2.81. The zero-order chi connectivity index (χ0) is 14.8. The zero-order valence-electron chi connectivity index (χ0n) is 11.1. The van der Waals surface area contributed by atoms with Gasteiger partial charge in [-0.25, -0.2) is 13.2 Å². The maximum Gasteiger partial charge on any atom is 0.226 e. The van der Waals surface area contributed by atoms with Gasteiger partial charge in [-0.15, -0.1) is 0 Å². The Hall–Kier alpha value is -1.56. The molecule has 1 atom stereocenters. The number of halogens is 3. The van der Waals surface area contributed by atoms with Crippen molar-refractivity contribution in [3.05, 3.63) is 29.6 Å². The van der Waals surface area contributed by atoms with Gasteiger partial charge in [0.25, 0.3) is 0 Å². The lowest BCUT2D eigenvalue weighted by molar-refractivity contribution is -0.117. The number of carbonyl (C=O) groups excluding carboxylic acids is 1. The molecule has 1 aromatic carbocycles. The molecule has 0 heterocycles. The van der Waals surface area contributed by atoms with E-state index in [0.717, 1.165) is 6.07 Å². The molecule has 106 valence electrons. The number of nitrogens with one attached hydrogen (secondary N) is 1. The highest BCUT2D eigenvalue weighted by atomic mass is 19.2. The fourth-order valence-electron chi connectivity index (χ4n) is 1.35. The van der Waals surface area contributed by atoms with Gasteiger partial charge in [0.2, 0.25) is 5.91 Å². The summed E-state index contributed by atoms with van der Waals surface area (Å²) in [6.07, 6.45) is -0.0684. The molecule has 0 aliphatic rings. The minimum Gasteiger partial charge on any atom is -0.327 e. The molecule has 3 N–H and O–H groups in total. The number of rotatable bonds is 3. The summed E-state index contributed by atoms with van der Waals surface area (Å²) in [5, 5.41) is 2.12. The summed E-state index contributed by atoms with van der Waals surface area (Å²) in [7, 11) is 0. The molecule has 1 unspecified atom stereocenters. The molecule has 6 heteroatoms.